The highest BCUT2D eigenvalue weighted by Crippen LogP contribution is 2.37. The van der Waals surface area contributed by atoms with Crippen LogP contribution in [0.5, 0.6) is 0 Å². The Hall–Kier alpha value is -2.27. The van der Waals surface area contributed by atoms with Gasteiger partial charge in [-0.3, -0.25) is 10.3 Å². The lowest BCUT2D eigenvalue weighted by Gasteiger charge is -2.34. The Kier molecular flexibility index (Phi) is 7.08. The van der Waals surface area contributed by atoms with Crippen molar-refractivity contribution in [2.75, 3.05) is 25.2 Å². The molecular weight excluding hydrogens is 423 g/mol. The second-order valence-corrected chi connectivity index (χ2v) is 8.84. The molecule has 0 bridgehead atoms. The Bertz CT molecular complexity index is 845. The van der Waals surface area contributed by atoms with E-state index in [4.69, 9.17) is 0 Å². The van der Waals surface area contributed by atoms with Gasteiger partial charge in [-0.05, 0) is 45.4 Å². The maximum absolute atomic E-state index is 13.8. The van der Waals surface area contributed by atoms with Gasteiger partial charge in [0.1, 0.15) is 0 Å². The number of rotatable bonds is 5. The van der Waals surface area contributed by atoms with E-state index in [0.29, 0.717) is 19.3 Å². The molecule has 7 nitrogen and oxygen atoms in total. The lowest BCUT2D eigenvalue weighted by Crippen LogP contribution is -2.68. The van der Waals surface area contributed by atoms with Crippen molar-refractivity contribution in [3.8, 4) is 0 Å². The van der Waals surface area contributed by atoms with Gasteiger partial charge in [0.2, 0.25) is 0 Å². The largest absolute Gasteiger partial charge is 0.462 e. The summed E-state index contributed by atoms with van der Waals surface area (Å²) in [6.45, 7) is 6.97. The number of carbonyl (C=O) groups excluding carboxylic acids is 2. The van der Waals surface area contributed by atoms with E-state index in [1.54, 1.807) is 36.5 Å². The molecule has 2 amide bonds. The van der Waals surface area contributed by atoms with Crippen LogP contribution < -0.4 is 10.2 Å². The minimum atomic E-state index is -5.27. The molecular formula is C19H24F3N3O4S. The summed E-state index contributed by atoms with van der Waals surface area (Å²) >= 11 is 1.24. The molecule has 1 atom stereocenters. The molecule has 0 aliphatic carbocycles. The van der Waals surface area contributed by atoms with Gasteiger partial charge in [0.15, 0.2) is 5.17 Å². The Labute approximate surface area is 177 Å². The van der Waals surface area contributed by atoms with Crippen molar-refractivity contribution in [2.45, 2.75) is 44.3 Å². The summed E-state index contributed by atoms with van der Waals surface area (Å²) in [4.78, 5) is 30.6. The number of nitrogens with zero attached hydrogens (tertiary/aromatic N) is 2. The van der Waals surface area contributed by atoms with Crippen LogP contribution >= 0.6 is 11.8 Å². The van der Waals surface area contributed by atoms with Crippen LogP contribution in [0.1, 0.15) is 26.3 Å². The van der Waals surface area contributed by atoms with Gasteiger partial charge in [-0.1, -0.05) is 23.9 Å². The van der Waals surface area contributed by atoms with Crippen molar-refractivity contribution in [2.24, 2.45) is 4.99 Å². The summed E-state index contributed by atoms with van der Waals surface area (Å²) in [5, 5.41) is 1.91. The Morgan fingerprint density at radius 2 is 2.00 bits per heavy atom. The van der Waals surface area contributed by atoms with Crippen molar-refractivity contribution >= 4 is 34.6 Å². The summed E-state index contributed by atoms with van der Waals surface area (Å²) in [7, 11) is 0.673. The zero-order chi connectivity index (χ0) is 22.7. The van der Waals surface area contributed by atoms with Crippen molar-refractivity contribution in [3.63, 3.8) is 0 Å². The molecule has 0 fully saturated rings. The number of ether oxygens (including phenoxy) is 2. The molecule has 0 unspecified atom stereocenters. The van der Waals surface area contributed by atoms with Crippen molar-refractivity contribution in [1.29, 1.82) is 0 Å². The lowest BCUT2D eigenvalue weighted by molar-refractivity contribution is -0.276. The number of nitrogens with one attached hydrogen (secondary N) is 1. The highest BCUT2D eigenvalue weighted by atomic mass is 32.2. The van der Waals surface area contributed by atoms with E-state index in [1.165, 1.54) is 18.7 Å². The molecule has 166 valence electrons. The van der Waals surface area contributed by atoms with E-state index in [-0.39, 0.29) is 16.5 Å². The predicted molar refractivity (Wildman–Crippen MR) is 109 cm³/mol. The van der Waals surface area contributed by atoms with Gasteiger partial charge >= 0.3 is 23.9 Å². The van der Waals surface area contributed by atoms with Crippen molar-refractivity contribution in [1.82, 2.24) is 5.32 Å². The van der Waals surface area contributed by atoms with Gasteiger partial charge in [0.05, 0.1) is 18.8 Å². The van der Waals surface area contributed by atoms with Crippen LogP contribution in [0.3, 0.4) is 0 Å². The zero-order valence-corrected chi connectivity index (χ0v) is 18.1. The molecule has 1 aliphatic heterocycles. The predicted octanol–water partition coefficient (Wildman–Crippen LogP) is 3.86. The number of esters is 1. The summed E-state index contributed by atoms with van der Waals surface area (Å²) in [6, 6.07) is 5.40. The second kappa shape index (κ2) is 8.84. The van der Waals surface area contributed by atoms with E-state index in [9.17, 15) is 22.8 Å². The molecule has 11 heteroatoms. The molecule has 2 rings (SSSR count). The van der Waals surface area contributed by atoms with Gasteiger partial charge in [0, 0.05) is 11.9 Å². The monoisotopic (exact) mass is 447 g/mol. The minimum absolute atomic E-state index is 0.208. The molecule has 1 aromatic carbocycles. The number of benzene rings is 1. The number of amides is 2. The number of urea groups is 1. The number of hydrogen-bond acceptors (Lipinski definition) is 6. The molecule has 1 heterocycles. The molecule has 1 N–H and O–H groups in total. The van der Waals surface area contributed by atoms with Gasteiger partial charge in [-0.25, -0.2) is 14.5 Å². The third-order valence-electron chi connectivity index (χ3n) is 4.17. The number of thioether (sulfide) groups is 1. The molecule has 30 heavy (non-hydrogen) atoms. The topological polar surface area (TPSA) is 80.2 Å². The first-order valence-electron chi connectivity index (χ1n) is 9.08. The molecule has 1 aromatic rings. The SMILES string of the molecule is CCOC(=O)[C@](NC(=O)N(C1=NCC(C)(C)S1)c1cccc(C)c1)(OC)C(F)(F)F. The first-order chi connectivity index (χ1) is 13.9. The van der Waals surface area contributed by atoms with E-state index >= 15 is 0 Å². The standard InChI is InChI=1S/C19H24F3N3O4S/c1-6-29-14(26)18(28-5,19(20,21)22)24-15(27)25(13-9-7-8-12(2)10-13)16-23-11-17(3,4)30-16/h7-10H,6,11H2,1-5H3,(H,24,27)/t18-/m0/s1. The van der Waals surface area contributed by atoms with Crippen LogP contribution in [0.15, 0.2) is 29.3 Å². The Balaban J connectivity index is 2.50. The van der Waals surface area contributed by atoms with Gasteiger partial charge < -0.3 is 9.47 Å². The van der Waals surface area contributed by atoms with Crippen LogP contribution in [0.2, 0.25) is 0 Å². The first kappa shape index (κ1) is 24.0. The number of anilines is 1. The van der Waals surface area contributed by atoms with Gasteiger partial charge in [0.25, 0.3) is 0 Å². The normalized spacial score (nSPS) is 17.7. The number of hydrogen-bond donors (Lipinski definition) is 1. The maximum atomic E-state index is 13.8. The molecule has 0 spiro atoms. The first-order valence-corrected chi connectivity index (χ1v) is 9.90. The van der Waals surface area contributed by atoms with Crippen molar-refractivity contribution in [3.05, 3.63) is 29.8 Å². The molecule has 0 saturated heterocycles. The van der Waals surface area contributed by atoms with E-state index in [2.05, 4.69) is 14.5 Å². The second-order valence-electron chi connectivity index (χ2n) is 7.17. The Morgan fingerprint density at radius 1 is 1.33 bits per heavy atom. The molecule has 0 radical (unpaired) electrons. The van der Waals surface area contributed by atoms with Crippen LogP contribution in [0.4, 0.5) is 23.7 Å². The molecule has 0 aromatic heterocycles. The lowest BCUT2D eigenvalue weighted by atomic mass is 10.2. The third kappa shape index (κ3) is 4.89. The average Bonchev–Trinajstić information content (AvgIpc) is 2.98. The molecule has 1 aliphatic rings. The summed E-state index contributed by atoms with van der Waals surface area (Å²) in [6.07, 6.45) is -5.27. The number of alkyl halides is 3. The van der Waals surface area contributed by atoms with Crippen LogP contribution in [-0.2, 0) is 14.3 Å². The fourth-order valence-electron chi connectivity index (χ4n) is 2.69. The summed E-state index contributed by atoms with van der Waals surface area (Å²) in [5.74, 6) is -1.76. The molecule has 0 saturated carbocycles. The van der Waals surface area contributed by atoms with E-state index in [0.717, 1.165) is 10.5 Å². The number of halogens is 3. The van der Waals surface area contributed by atoms with Crippen LogP contribution in [0, 0.1) is 6.92 Å². The van der Waals surface area contributed by atoms with E-state index in [1.807, 2.05) is 13.8 Å². The number of methoxy groups -OCH3 is 1. The van der Waals surface area contributed by atoms with Crippen LogP contribution in [-0.4, -0.2) is 54.1 Å². The maximum Gasteiger partial charge on any atom is 0.448 e. The fraction of sp³-hybridized carbons (Fsp3) is 0.526. The summed E-state index contributed by atoms with van der Waals surface area (Å²) < 4.78 is 50.2. The number of amidine groups is 1. The third-order valence-corrected chi connectivity index (χ3v) is 5.34. The highest BCUT2D eigenvalue weighted by Gasteiger charge is 2.65. The smallest absolute Gasteiger partial charge is 0.448 e. The number of aliphatic imine (C=N–C) groups is 1. The van der Waals surface area contributed by atoms with Crippen LogP contribution in [0.25, 0.3) is 0 Å². The quantitative estimate of drug-likeness (QED) is 0.548. The average molecular weight is 447 g/mol. The summed E-state index contributed by atoms with van der Waals surface area (Å²) in [5.41, 5.74) is -2.58. The van der Waals surface area contributed by atoms with E-state index < -0.39 is 23.9 Å². The fourth-order valence-corrected chi connectivity index (χ4v) is 3.73. The van der Waals surface area contributed by atoms with Gasteiger partial charge in [-0.15, -0.1) is 0 Å². The number of aryl methyl sites for hydroxylation is 1. The van der Waals surface area contributed by atoms with Crippen molar-refractivity contribution < 1.29 is 32.2 Å². The Morgan fingerprint density at radius 3 is 2.47 bits per heavy atom. The minimum Gasteiger partial charge on any atom is -0.462 e. The zero-order valence-electron chi connectivity index (χ0n) is 17.3. The van der Waals surface area contributed by atoms with Gasteiger partial charge in [-0.2, -0.15) is 13.2 Å². The highest BCUT2D eigenvalue weighted by molar-refractivity contribution is 8.15. The number of carbonyl (C=O) groups is 2.